The smallest absolute Gasteiger partial charge is 0.252 e. The number of aromatic amines is 1. The SMILES string of the molecule is CCc1nc(NCC2CCOC2CC)cc(=O)[nH]1. The second-order valence-electron chi connectivity index (χ2n) is 4.68. The summed E-state index contributed by atoms with van der Waals surface area (Å²) in [7, 11) is 0. The molecule has 2 unspecified atom stereocenters. The third kappa shape index (κ3) is 3.10. The van der Waals surface area contributed by atoms with Crippen molar-refractivity contribution in [2.45, 2.75) is 39.2 Å². The molecule has 0 spiro atoms. The van der Waals surface area contributed by atoms with Gasteiger partial charge >= 0.3 is 0 Å². The number of ether oxygens (including phenoxy) is 1. The lowest BCUT2D eigenvalue weighted by atomic mass is 10.00. The molecule has 1 saturated heterocycles. The zero-order valence-corrected chi connectivity index (χ0v) is 11.0. The summed E-state index contributed by atoms with van der Waals surface area (Å²) in [6, 6.07) is 1.51. The van der Waals surface area contributed by atoms with Gasteiger partial charge in [-0.3, -0.25) is 4.79 Å². The summed E-state index contributed by atoms with van der Waals surface area (Å²) in [6.45, 7) is 5.77. The van der Waals surface area contributed by atoms with Crippen molar-refractivity contribution in [1.29, 1.82) is 0 Å². The predicted molar refractivity (Wildman–Crippen MR) is 70.9 cm³/mol. The van der Waals surface area contributed by atoms with E-state index in [1.165, 1.54) is 6.07 Å². The lowest BCUT2D eigenvalue weighted by molar-refractivity contribution is 0.0900. The third-order valence-electron chi connectivity index (χ3n) is 3.42. The first kappa shape index (κ1) is 13.1. The molecule has 1 aromatic rings. The molecule has 18 heavy (non-hydrogen) atoms. The van der Waals surface area contributed by atoms with Crippen LogP contribution in [-0.2, 0) is 11.2 Å². The molecular formula is C13H21N3O2. The summed E-state index contributed by atoms with van der Waals surface area (Å²) < 4.78 is 5.64. The van der Waals surface area contributed by atoms with E-state index in [9.17, 15) is 4.79 Å². The second-order valence-corrected chi connectivity index (χ2v) is 4.68. The number of aryl methyl sites for hydroxylation is 1. The van der Waals surface area contributed by atoms with Crippen LogP contribution in [0.1, 0.15) is 32.5 Å². The number of nitrogens with one attached hydrogen (secondary N) is 2. The van der Waals surface area contributed by atoms with Gasteiger partial charge in [0.1, 0.15) is 11.6 Å². The average Bonchev–Trinajstić information content (AvgIpc) is 2.83. The lowest BCUT2D eigenvalue weighted by Gasteiger charge is -2.17. The van der Waals surface area contributed by atoms with Gasteiger partial charge in [0.15, 0.2) is 0 Å². The van der Waals surface area contributed by atoms with Gasteiger partial charge in [0.05, 0.1) is 6.10 Å². The highest BCUT2D eigenvalue weighted by molar-refractivity contribution is 5.33. The van der Waals surface area contributed by atoms with E-state index in [-0.39, 0.29) is 5.56 Å². The van der Waals surface area contributed by atoms with Crippen LogP contribution in [0, 0.1) is 5.92 Å². The molecule has 1 fully saturated rings. The predicted octanol–water partition coefficient (Wildman–Crippen LogP) is 1.56. The minimum absolute atomic E-state index is 0.0981. The Morgan fingerprint density at radius 3 is 3.11 bits per heavy atom. The van der Waals surface area contributed by atoms with Crippen molar-refractivity contribution in [3.63, 3.8) is 0 Å². The van der Waals surface area contributed by atoms with Gasteiger partial charge in [0, 0.05) is 31.6 Å². The van der Waals surface area contributed by atoms with Crippen LogP contribution >= 0.6 is 0 Å². The van der Waals surface area contributed by atoms with Crippen LogP contribution in [0.25, 0.3) is 0 Å². The monoisotopic (exact) mass is 251 g/mol. The van der Waals surface area contributed by atoms with Crippen LogP contribution in [0.3, 0.4) is 0 Å². The first-order valence-electron chi connectivity index (χ1n) is 6.68. The van der Waals surface area contributed by atoms with Gasteiger partial charge in [-0.1, -0.05) is 13.8 Å². The zero-order chi connectivity index (χ0) is 13.0. The minimum atomic E-state index is -0.0981. The first-order chi connectivity index (χ1) is 8.72. The molecule has 2 N–H and O–H groups in total. The van der Waals surface area contributed by atoms with E-state index in [0.29, 0.717) is 17.8 Å². The molecule has 0 aliphatic carbocycles. The Morgan fingerprint density at radius 1 is 1.56 bits per heavy atom. The second kappa shape index (κ2) is 6.00. The van der Waals surface area contributed by atoms with Gasteiger partial charge in [0.2, 0.25) is 0 Å². The highest BCUT2D eigenvalue weighted by Crippen LogP contribution is 2.23. The largest absolute Gasteiger partial charge is 0.378 e. The Balaban J connectivity index is 1.97. The number of hydrogen-bond acceptors (Lipinski definition) is 4. The molecular weight excluding hydrogens is 230 g/mol. The van der Waals surface area contributed by atoms with Crippen molar-refractivity contribution < 1.29 is 4.74 Å². The zero-order valence-electron chi connectivity index (χ0n) is 11.0. The topological polar surface area (TPSA) is 67.0 Å². The molecule has 5 nitrogen and oxygen atoms in total. The van der Waals surface area contributed by atoms with Crippen LogP contribution in [0.2, 0.25) is 0 Å². The van der Waals surface area contributed by atoms with Crippen LogP contribution < -0.4 is 10.9 Å². The molecule has 2 heterocycles. The number of rotatable bonds is 5. The van der Waals surface area contributed by atoms with Crippen molar-refractivity contribution in [2.75, 3.05) is 18.5 Å². The lowest BCUT2D eigenvalue weighted by Crippen LogP contribution is -2.24. The summed E-state index contributed by atoms with van der Waals surface area (Å²) in [5, 5.41) is 3.26. The van der Waals surface area contributed by atoms with Crippen molar-refractivity contribution in [2.24, 2.45) is 5.92 Å². The van der Waals surface area contributed by atoms with Crippen molar-refractivity contribution in [1.82, 2.24) is 9.97 Å². The number of anilines is 1. The number of aromatic nitrogens is 2. The maximum absolute atomic E-state index is 11.4. The first-order valence-corrected chi connectivity index (χ1v) is 6.68. The van der Waals surface area contributed by atoms with E-state index < -0.39 is 0 Å². The normalized spacial score (nSPS) is 23.2. The number of nitrogens with zero attached hydrogens (tertiary/aromatic N) is 1. The highest BCUT2D eigenvalue weighted by atomic mass is 16.5. The van der Waals surface area contributed by atoms with Crippen LogP contribution in [0.4, 0.5) is 5.82 Å². The van der Waals surface area contributed by atoms with E-state index in [1.54, 1.807) is 0 Å². The number of H-pyrrole nitrogens is 1. The van der Waals surface area contributed by atoms with Crippen molar-refractivity contribution >= 4 is 5.82 Å². The van der Waals surface area contributed by atoms with Gasteiger partial charge in [0.25, 0.3) is 5.56 Å². The van der Waals surface area contributed by atoms with Crippen molar-refractivity contribution in [3.8, 4) is 0 Å². The summed E-state index contributed by atoms with van der Waals surface area (Å²) in [5.74, 6) is 1.90. The fourth-order valence-electron chi connectivity index (χ4n) is 2.38. The maximum Gasteiger partial charge on any atom is 0.252 e. The Hall–Kier alpha value is -1.36. The van der Waals surface area contributed by atoms with E-state index in [2.05, 4.69) is 22.2 Å². The van der Waals surface area contributed by atoms with Crippen LogP contribution in [0.5, 0.6) is 0 Å². The molecule has 1 aliphatic heterocycles. The molecule has 0 radical (unpaired) electrons. The minimum Gasteiger partial charge on any atom is -0.378 e. The van der Waals surface area contributed by atoms with Gasteiger partial charge in [-0.25, -0.2) is 4.98 Å². The fourth-order valence-corrected chi connectivity index (χ4v) is 2.38. The summed E-state index contributed by atoms with van der Waals surface area (Å²) in [4.78, 5) is 18.5. The Labute approximate surface area is 107 Å². The van der Waals surface area contributed by atoms with Gasteiger partial charge in [-0.15, -0.1) is 0 Å². The fraction of sp³-hybridized carbons (Fsp3) is 0.692. The molecule has 0 bridgehead atoms. The molecule has 1 aromatic heterocycles. The Kier molecular flexibility index (Phi) is 4.36. The Bertz CT molecular complexity index is 444. The van der Waals surface area contributed by atoms with Crippen molar-refractivity contribution in [3.05, 3.63) is 22.2 Å². The van der Waals surface area contributed by atoms with E-state index in [4.69, 9.17) is 4.74 Å². The molecule has 1 aliphatic rings. The molecule has 5 heteroatoms. The highest BCUT2D eigenvalue weighted by Gasteiger charge is 2.26. The van der Waals surface area contributed by atoms with Crippen LogP contribution in [-0.4, -0.2) is 29.2 Å². The van der Waals surface area contributed by atoms with Gasteiger partial charge < -0.3 is 15.0 Å². The molecule has 0 saturated carbocycles. The summed E-state index contributed by atoms with van der Waals surface area (Å²) in [6.07, 6.45) is 3.18. The molecule has 2 rings (SSSR count). The summed E-state index contributed by atoms with van der Waals surface area (Å²) in [5.41, 5.74) is -0.0981. The molecule has 0 amide bonds. The van der Waals surface area contributed by atoms with Crippen LogP contribution in [0.15, 0.2) is 10.9 Å². The van der Waals surface area contributed by atoms with Gasteiger partial charge in [-0.2, -0.15) is 0 Å². The van der Waals surface area contributed by atoms with E-state index in [0.717, 1.165) is 38.2 Å². The van der Waals surface area contributed by atoms with E-state index >= 15 is 0 Å². The quantitative estimate of drug-likeness (QED) is 0.833. The molecule has 0 aromatic carbocycles. The third-order valence-corrected chi connectivity index (χ3v) is 3.42. The standard InChI is InChI=1S/C13H21N3O2/c1-3-10-9(5-6-18-10)8-14-12-7-13(17)16-11(4-2)15-12/h7,9-10H,3-6,8H2,1-2H3,(H2,14,15,16,17). The molecule has 2 atom stereocenters. The Morgan fingerprint density at radius 2 is 2.39 bits per heavy atom. The van der Waals surface area contributed by atoms with E-state index in [1.807, 2.05) is 6.92 Å². The number of hydrogen-bond donors (Lipinski definition) is 2. The maximum atomic E-state index is 11.4. The molecule has 100 valence electrons. The van der Waals surface area contributed by atoms with Gasteiger partial charge in [-0.05, 0) is 12.8 Å². The summed E-state index contributed by atoms with van der Waals surface area (Å²) >= 11 is 0. The average molecular weight is 251 g/mol.